The van der Waals surface area contributed by atoms with Gasteiger partial charge in [-0.3, -0.25) is 4.79 Å². The van der Waals surface area contributed by atoms with E-state index in [1.165, 1.54) is 16.7 Å². The Labute approximate surface area is 201 Å². The van der Waals surface area contributed by atoms with E-state index in [1.54, 1.807) is 19.2 Å². The highest BCUT2D eigenvalue weighted by Gasteiger charge is 2.48. The summed E-state index contributed by atoms with van der Waals surface area (Å²) < 4.78 is 43.5. The molecule has 5 rings (SSSR count). The molecule has 2 aromatic carbocycles. The third-order valence-corrected chi connectivity index (χ3v) is 7.18. The lowest BCUT2D eigenvalue weighted by molar-refractivity contribution is -0.274. The van der Waals surface area contributed by atoms with E-state index >= 15 is 0 Å². The zero-order valence-electron chi connectivity index (χ0n) is 18.2. The van der Waals surface area contributed by atoms with Crippen LogP contribution < -0.4 is 20.1 Å². The number of alkyl halides is 3. The molecule has 2 saturated heterocycles. The minimum absolute atomic E-state index is 0.00334. The van der Waals surface area contributed by atoms with Gasteiger partial charge < -0.3 is 19.1 Å². The molecule has 0 atom stereocenters. The fraction of sp³-hybridized carbons (Fsp3) is 0.333. The average Bonchev–Trinajstić information content (AvgIpc) is 3.20. The molecule has 2 aliphatic heterocycles. The lowest BCUT2D eigenvalue weighted by atomic mass is 9.78. The number of hydrogen-bond donors (Lipinski definition) is 0. The largest absolute Gasteiger partial charge is 0.573 e. The number of halogens is 4. The highest BCUT2D eigenvalue weighted by molar-refractivity contribution is 9.10. The number of aryl methyl sites for hydroxylation is 1. The fourth-order valence-electron chi connectivity index (χ4n) is 5.11. The number of hydrogen-bond acceptors (Lipinski definition) is 5. The minimum atomic E-state index is -4.71. The Morgan fingerprint density at radius 2 is 1.76 bits per heavy atom. The van der Waals surface area contributed by atoms with Crippen LogP contribution in [0.15, 0.2) is 51.7 Å². The molecule has 0 aliphatic carbocycles. The summed E-state index contributed by atoms with van der Waals surface area (Å²) >= 11 is 3.46. The van der Waals surface area contributed by atoms with Gasteiger partial charge in [-0.2, -0.15) is 5.26 Å². The summed E-state index contributed by atoms with van der Waals surface area (Å²) in [6, 6.07) is 13.7. The van der Waals surface area contributed by atoms with Crippen LogP contribution in [0.5, 0.6) is 5.75 Å². The number of ether oxygens (including phenoxy) is 1. The molecule has 0 unspecified atom stereocenters. The molecule has 2 aliphatic rings. The number of pyridine rings is 1. The van der Waals surface area contributed by atoms with Crippen LogP contribution in [0.25, 0.3) is 10.9 Å². The fourth-order valence-corrected chi connectivity index (χ4v) is 5.46. The number of benzene rings is 2. The molecule has 3 heterocycles. The maximum Gasteiger partial charge on any atom is 0.573 e. The smallest absolute Gasteiger partial charge is 0.406 e. The van der Waals surface area contributed by atoms with Gasteiger partial charge in [0.1, 0.15) is 17.4 Å². The van der Waals surface area contributed by atoms with Crippen LogP contribution in [0.4, 0.5) is 24.5 Å². The molecule has 0 radical (unpaired) electrons. The van der Waals surface area contributed by atoms with E-state index in [2.05, 4.69) is 36.5 Å². The van der Waals surface area contributed by atoms with Crippen LogP contribution in [0.2, 0.25) is 0 Å². The van der Waals surface area contributed by atoms with Crippen molar-refractivity contribution in [3.8, 4) is 11.8 Å². The van der Waals surface area contributed by atoms with E-state index in [-0.39, 0.29) is 22.3 Å². The molecule has 10 heteroatoms. The number of rotatable bonds is 3. The Kier molecular flexibility index (Phi) is 5.28. The Bertz CT molecular complexity index is 1370. The molecule has 34 heavy (non-hydrogen) atoms. The van der Waals surface area contributed by atoms with Gasteiger partial charge in [0.2, 0.25) is 0 Å². The Morgan fingerprint density at radius 1 is 1.09 bits per heavy atom. The lowest BCUT2D eigenvalue weighted by Crippen LogP contribution is -2.57. The third kappa shape index (κ3) is 3.88. The molecule has 0 N–H and O–H groups in total. The zero-order chi connectivity index (χ0) is 24.3. The predicted molar refractivity (Wildman–Crippen MR) is 126 cm³/mol. The van der Waals surface area contributed by atoms with Gasteiger partial charge in [-0.05, 0) is 48.9 Å². The zero-order valence-corrected chi connectivity index (χ0v) is 19.8. The van der Waals surface area contributed by atoms with E-state index in [0.29, 0.717) is 12.2 Å². The first-order chi connectivity index (χ1) is 16.1. The van der Waals surface area contributed by atoms with Gasteiger partial charge in [0.05, 0.1) is 11.2 Å². The normalized spacial score (nSPS) is 17.2. The molecule has 3 aromatic rings. The van der Waals surface area contributed by atoms with Crippen molar-refractivity contribution < 1.29 is 17.9 Å². The Morgan fingerprint density at radius 3 is 2.41 bits per heavy atom. The SMILES string of the molecule is Cn1c(=O)c(C#N)c(N2CCC3(CN(c4ccc(OC(F)(F)F)cc4)C3)C2)c2ccc(Br)cc21. The summed E-state index contributed by atoms with van der Waals surface area (Å²) in [5, 5.41) is 10.7. The van der Waals surface area contributed by atoms with E-state index < -0.39 is 6.36 Å². The van der Waals surface area contributed by atoms with Crippen molar-refractivity contribution in [1.82, 2.24) is 4.57 Å². The Balaban J connectivity index is 1.37. The predicted octanol–water partition coefficient (Wildman–Crippen LogP) is 4.79. The van der Waals surface area contributed by atoms with Crippen LogP contribution in [0.3, 0.4) is 0 Å². The second-order valence-electron chi connectivity index (χ2n) is 8.93. The first kappa shape index (κ1) is 22.6. The summed E-state index contributed by atoms with van der Waals surface area (Å²) in [4.78, 5) is 17.2. The highest BCUT2D eigenvalue weighted by atomic mass is 79.9. The van der Waals surface area contributed by atoms with Gasteiger partial charge in [-0.25, -0.2) is 0 Å². The van der Waals surface area contributed by atoms with Crippen molar-refractivity contribution in [3.63, 3.8) is 0 Å². The molecule has 1 spiro atoms. The molecule has 0 saturated carbocycles. The highest BCUT2D eigenvalue weighted by Crippen LogP contribution is 2.45. The van der Waals surface area contributed by atoms with Gasteiger partial charge in [-0.1, -0.05) is 15.9 Å². The summed E-state index contributed by atoms with van der Waals surface area (Å²) in [6.07, 6.45) is -3.81. The van der Waals surface area contributed by atoms with Crippen molar-refractivity contribution in [3.05, 3.63) is 62.9 Å². The van der Waals surface area contributed by atoms with Crippen LogP contribution in [0, 0.1) is 16.7 Å². The number of anilines is 2. The second kappa shape index (κ2) is 7.94. The molecule has 2 fully saturated rings. The monoisotopic (exact) mass is 532 g/mol. The van der Waals surface area contributed by atoms with Crippen molar-refractivity contribution in [1.29, 1.82) is 5.26 Å². The van der Waals surface area contributed by atoms with E-state index in [1.807, 2.05) is 18.2 Å². The van der Waals surface area contributed by atoms with Crippen LogP contribution in [-0.4, -0.2) is 37.1 Å². The maximum atomic E-state index is 12.9. The molecule has 0 amide bonds. The average molecular weight is 533 g/mol. The van der Waals surface area contributed by atoms with Gasteiger partial charge >= 0.3 is 6.36 Å². The second-order valence-corrected chi connectivity index (χ2v) is 9.85. The summed E-state index contributed by atoms with van der Waals surface area (Å²) in [7, 11) is 1.67. The van der Waals surface area contributed by atoms with Crippen molar-refractivity contribution in [2.45, 2.75) is 12.8 Å². The van der Waals surface area contributed by atoms with Gasteiger partial charge in [-0.15, -0.1) is 13.2 Å². The maximum absolute atomic E-state index is 12.9. The molecular weight excluding hydrogens is 513 g/mol. The van der Waals surface area contributed by atoms with Gasteiger partial charge in [0.15, 0.2) is 0 Å². The molecular formula is C24H20BrF3N4O2. The van der Waals surface area contributed by atoms with Crippen LogP contribution in [0.1, 0.15) is 12.0 Å². The van der Waals surface area contributed by atoms with Crippen molar-refractivity contribution >= 4 is 38.2 Å². The van der Waals surface area contributed by atoms with E-state index in [4.69, 9.17) is 0 Å². The number of aromatic nitrogens is 1. The van der Waals surface area contributed by atoms with E-state index in [9.17, 15) is 23.2 Å². The molecule has 0 bridgehead atoms. The van der Waals surface area contributed by atoms with Crippen LogP contribution in [-0.2, 0) is 7.05 Å². The lowest BCUT2D eigenvalue weighted by Gasteiger charge is -2.49. The molecule has 1 aromatic heterocycles. The summed E-state index contributed by atoms with van der Waals surface area (Å²) in [5.74, 6) is -0.244. The molecule has 176 valence electrons. The van der Waals surface area contributed by atoms with Crippen LogP contribution >= 0.6 is 15.9 Å². The number of nitrogens with zero attached hydrogens (tertiary/aromatic N) is 4. The van der Waals surface area contributed by atoms with Crippen molar-refractivity contribution in [2.24, 2.45) is 12.5 Å². The first-order valence-corrected chi connectivity index (χ1v) is 11.5. The van der Waals surface area contributed by atoms with E-state index in [0.717, 1.165) is 47.1 Å². The minimum Gasteiger partial charge on any atom is -0.406 e. The van der Waals surface area contributed by atoms with Crippen molar-refractivity contribution in [2.75, 3.05) is 36.0 Å². The molecule has 6 nitrogen and oxygen atoms in total. The Hall–Kier alpha value is -3.19. The quantitative estimate of drug-likeness (QED) is 0.485. The van der Waals surface area contributed by atoms with Gasteiger partial charge in [0, 0.05) is 54.2 Å². The first-order valence-electron chi connectivity index (χ1n) is 10.7. The number of fused-ring (bicyclic) bond motifs is 1. The number of nitriles is 1. The van der Waals surface area contributed by atoms with Gasteiger partial charge in [0.25, 0.3) is 5.56 Å². The standard InChI is InChI=1S/C24H20BrF3N4O2/c1-30-20-10-15(25)2-7-18(20)21(19(11-29)22(30)33)31-9-8-23(12-31)13-32(14-23)16-3-5-17(6-4-16)34-24(26,27)28/h2-7,10H,8-9,12-14H2,1H3. The summed E-state index contributed by atoms with van der Waals surface area (Å²) in [5.41, 5.74) is 2.09. The topological polar surface area (TPSA) is 61.5 Å². The third-order valence-electron chi connectivity index (χ3n) is 6.69. The summed E-state index contributed by atoms with van der Waals surface area (Å²) in [6.45, 7) is 2.92.